The fraction of sp³-hybridized carbons (Fsp3) is 0.333. The second-order valence-electron chi connectivity index (χ2n) is 4.72. The summed E-state index contributed by atoms with van der Waals surface area (Å²) in [6.07, 6.45) is 2.56. The highest BCUT2D eigenvalue weighted by Gasteiger charge is 2.02. The number of nitrogens with zero attached hydrogens (tertiary/aromatic N) is 2. The molecule has 4 nitrogen and oxygen atoms in total. The summed E-state index contributed by atoms with van der Waals surface area (Å²) in [6.45, 7) is 4.82. The molecule has 106 valence electrons. The van der Waals surface area contributed by atoms with E-state index in [2.05, 4.69) is 34.4 Å². The molecular formula is C15H19FN4. The van der Waals surface area contributed by atoms with Gasteiger partial charge in [-0.1, -0.05) is 19.1 Å². The van der Waals surface area contributed by atoms with E-state index in [1.807, 2.05) is 6.07 Å². The maximum Gasteiger partial charge on any atom is 0.131 e. The molecule has 0 aliphatic heterocycles. The second kappa shape index (κ2) is 6.84. The van der Waals surface area contributed by atoms with Crippen molar-refractivity contribution in [2.45, 2.75) is 32.9 Å². The van der Waals surface area contributed by atoms with Crippen molar-refractivity contribution in [1.82, 2.24) is 9.97 Å². The zero-order valence-corrected chi connectivity index (χ0v) is 11.7. The third-order valence-electron chi connectivity index (χ3n) is 3.06. The summed E-state index contributed by atoms with van der Waals surface area (Å²) in [5.41, 5.74) is 1.00. The second-order valence-corrected chi connectivity index (χ2v) is 4.72. The Morgan fingerprint density at radius 2 is 1.85 bits per heavy atom. The standard InChI is InChI=1S/C15H19FN4/c1-3-11(2)20-15-8-14(18-10-19-15)17-9-12-4-6-13(16)7-5-12/h4-8,10-11H,3,9H2,1-2H3,(H2,17,18,19,20). The first kappa shape index (κ1) is 14.2. The van der Waals surface area contributed by atoms with Crippen LogP contribution in [0.4, 0.5) is 16.0 Å². The molecule has 1 heterocycles. The molecule has 0 saturated carbocycles. The first-order chi connectivity index (χ1) is 9.67. The first-order valence-electron chi connectivity index (χ1n) is 6.74. The predicted octanol–water partition coefficient (Wildman–Crippen LogP) is 3.44. The van der Waals surface area contributed by atoms with E-state index in [-0.39, 0.29) is 5.82 Å². The van der Waals surface area contributed by atoms with Crippen LogP contribution in [0.3, 0.4) is 0 Å². The van der Waals surface area contributed by atoms with Gasteiger partial charge in [0, 0.05) is 18.7 Å². The lowest BCUT2D eigenvalue weighted by atomic mass is 10.2. The van der Waals surface area contributed by atoms with Gasteiger partial charge in [0.1, 0.15) is 23.8 Å². The zero-order valence-electron chi connectivity index (χ0n) is 11.7. The molecule has 0 radical (unpaired) electrons. The Labute approximate surface area is 118 Å². The van der Waals surface area contributed by atoms with Gasteiger partial charge in [0.05, 0.1) is 0 Å². The summed E-state index contributed by atoms with van der Waals surface area (Å²) in [6, 6.07) is 8.65. The molecular weight excluding hydrogens is 255 g/mol. The lowest BCUT2D eigenvalue weighted by Gasteiger charge is -2.13. The number of hydrogen-bond acceptors (Lipinski definition) is 4. The minimum Gasteiger partial charge on any atom is -0.367 e. The highest BCUT2D eigenvalue weighted by molar-refractivity contribution is 5.47. The maximum absolute atomic E-state index is 12.8. The third kappa shape index (κ3) is 4.19. The number of anilines is 2. The molecule has 1 unspecified atom stereocenters. The van der Waals surface area contributed by atoms with Crippen molar-refractivity contribution in [3.05, 3.63) is 48.0 Å². The SMILES string of the molecule is CCC(C)Nc1cc(NCc2ccc(F)cc2)ncn1. The molecule has 0 aliphatic carbocycles. The number of nitrogens with one attached hydrogen (secondary N) is 2. The van der Waals surface area contributed by atoms with Gasteiger partial charge in [0.2, 0.25) is 0 Å². The lowest BCUT2D eigenvalue weighted by molar-refractivity contribution is 0.627. The van der Waals surface area contributed by atoms with Crippen molar-refractivity contribution in [1.29, 1.82) is 0 Å². The average molecular weight is 274 g/mol. The monoisotopic (exact) mass is 274 g/mol. The topological polar surface area (TPSA) is 49.8 Å². The first-order valence-corrected chi connectivity index (χ1v) is 6.74. The molecule has 5 heteroatoms. The van der Waals surface area contributed by atoms with Crippen LogP contribution in [0.1, 0.15) is 25.8 Å². The summed E-state index contributed by atoms with van der Waals surface area (Å²) in [7, 11) is 0. The fourth-order valence-electron chi connectivity index (χ4n) is 1.68. The number of benzene rings is 1. The number of halogens is 1. The highest BCUT2D eigenvalue weighted by Crippen LogP contribution is 2.12. The molecule has 0 saturated heterocycles. The zero-order chi connectivity index (χ0) is 14.4. The van der Waals surface area contributed by atoms with E-state index >= 15 is 0 Å². The minimum absolute atomic E-state index is 0.226. The molecule has 1 atom stereocenters. The van der Waals surface area contributed by atoms with Crippen LogP contribution in [0.25, 0.3) is 0 Å². The third-order valence-corrected chi connectivity index (χ3v) is 3.06. The summed E-state index contributed by atoms with van der Waals surface area (Å²) >= 11 is 0. The van der Waals surface area contributed by atoms with Gasteiger partial charge in [-0.05, 0) is 31.0 Å². The van der Waals surface area contributed by atoms with Crippen LogP contribution < -0.4 is 10.6 Å². The van der Waals surface area contributed by atoms with Gasteiger partial charge in [-0.2, -0.15) is 0 Å². The maximum atomic E-state index is 12.8. The molecule has 0 amide bonds. The largest absolute Gasteiger partial charge is 0.367 e. The van der Waals surface area contributed by atoms with E-state index in [9.17, 15) is 4.39 Å². The highest BCUT2D eigenvalue weighted by atomic mass is 19.1. The molecule has 20 heavy (non-hydrogen) atoms. The van der Waals surface area contributed by atoms with E-state index in [0.29, 0.717) is 12.6 Å². The Balaban J connectivity index is 1.95. The lowest BCUT2D eigenvalue weighted by Crippen LogP contribution is -2.14. The summed E-state index contributed by atoms with van der Waals surface area (Å²) in [5, 5.41) is 6.50. The Morgan fingerprint density at radius 3 is 2.55 bits per heavy atom. The summed E-state index contributed by atoms with van der Waals surface area (Å²) < 4.78 is 12.8. The summed E-state index contributed by atoms with van der Waals surface area (Å²) in [4.78, 5) is 8.35. The van der Waals surface area contributed by atoms with Crippen molar-refractivity contribution in [2.75, 3.05) is 10.6 Å². The van der Waals surface area contributed by atoms with Crippen molar-refractivity contribution in [2.24, 2.45) is 0 Å². The molecule has 2 N–H and O–H groups in total. The van der Waals surface area contributed by atoms with Gasteiger partial charge in [0.15, 0.2) is 0 Å². The van der Waals surface area contributed by atoms with Crippen molar-refractivity contribution < 1.29 is 4.39 Å². The van der Waals surface area contributed by atoms with E-state index < -0.39 is 0 Å². The summed E-state index contributed by atoms with van der Waals surface area (Å²) in [5.74, 6) is 1.32. The van der Waals surface area contributed by atoms with Crippen LogP contribution in [0, 0.1) is 5.82 Å². The van der Waals surface area contributed by atoms with Crippen LogP contribution in [-0.4, -0.2) is 16.0 Å². The van der Waals surface area contributed by atoms with Crippen LogP contribution in [0.2, 0.25) is 0 Å². The molecule has 0 spiro atoms. The molecule has 1 aromatic carbocycles. The Hall–Kier alpha value is -2.17. The van der Waals surface area contributed by atoms with Crippen LogP contribution in [0.5, 0.6) is 0 Å². The van der Waals surface area contributed by atoms with Gasteiger partial charge < -0.3 is 10.6 Å². The quantitative estimate of drug-likeness (QED) is 0.847. The van der Waals surface area contributed by atoms with Gasteiger partial charge in [0.25, 0.3) is 0 Å². The average Bonchev–Trinajstić information content (AvgIpc) is 2.47. The van der Waals surface area contributed by atoms with Crippen LogP contribution >= 0.6 is 0 Å². The van der Waals surface area contributed by atoms with Gasteiger partial charge in [-0.15, -0.1) is 0 Å². The number of hydrogen-bond donors (Lipinski definition) is 2. The molecule has 1 aromatic heterocycles. The van der Waals surface area contributed by atoms with Gasteiger partial charge in [-0.25, -0.2) is 14.4 Å². The Bertz CT molecular complexity index is 542. The predicted molar refractivity (Wildman–Crippen MR) is 79.1 cm³/mol. The molecule has 0 aliphatic rings. The molecule has 0 bridgehead atoms. The van der Waals surface area contributed by atoms with Gasteiger partial charge >= 0.3 is 0 Å². The number of aromatic nitrogens is 2. The number of rotatable bonds is 6. The van der Waals surface area contributed by atoms with E-state index in [0.717, 1.165) is 23.6 Å². The minimum atomic E-state index is -0.226. The van der Waals surface area contributed by atoms with Crippen molar-refractivity contribution >= 4 is 11.6 Å². The van der Waals surface area contributed by atoms with Crippen LogP contribution in [-0.2, 0) is 6.54 Å². The van der Waals surface area contributed by atoms with E-state index in [4.69, 9.17) is 0 Å². The van der Waals surface area contributed by atoms with E-state index in [1.165, 1.54) is 18.5 Å². The van der Waals surface area contributed by atoms with Gasteiger partial charge in [-0.3, -0.25) is 0 Å². The van der Waals surface area contributed by atoms with Crippen LogP contribution in [0.15, 0.2) is 36.7 Å². The van der Waals surface area contributed by atoms with E-state index in [1.54, 1.807) is 12.1 Å². The van der Waals surface area contributed by atoms with Crippen molar-refractivity contribution in [3.63, 3.8) is 0 Å². The van der Waals surface area contributed by atoms with Crippen molar-refractivity contribution in [3.8, 4) is 0 Å². The molecule has 2 rings (SSSR count). The Morgan fingerprint density at radius 1 is 1.15 bits per heavy atom. The molecule has 2 aromatic rings. The normalized spacial score (nSPS) is 11.9. The smallest absolute Gasteiger partial charge is 0.131 e. The Kier molecular flexibility index (Phi) is 4.87. The molecule has 0 fully saturated rings. The fourth-order valence-corrected chi connectivity index (χ4v) is 1.68.